The van der Waals surface area contributed by atoms with Crippen molar-refractivity contribution in [1.82, 2.24) is 15.1 Å². The Morgan fingerprint density at radius 1 is 1.47 bits per heavy atom. The first-order valence-electron chi connectivity index (χ1n) is 6.66. The third kappa shape index (κ3) is 3.32. The van der Waals surface area contributed by atoms with Crippen LogP contribution in [0.5, 0.6) is 0 Å². The average Bonchev–Trinajstić information content (AvgIpc) is 2.81. The van der Waals surface area contributed by atoms with Crippen LogP contribution in [0.25, 0.3) is 0 Å². The lowest BCUT2D eigenvalue weighted by Gasteiger charge is -2.20. The summed E-state index contributed by atoms with van der Waals surface area (Å²) in [6.07, 6.45) is 5.57. The minimum atomic E-state index is 0.231. The maximum absolute atomic E-state index is 4.42. The Morgan fingerprint density at radius 3 is 2.71 bits per heavy atom. The van der Waals surface area contributed by atoms with Gasteiger partial charge in [0, 0.05) is 17.8 Å². The van der Waals surface area contributed by atoms with Gasteiger partial charge >= 0.3 is 0 Å². The van der Waals surface area contributed by atoms with Crippen LogP contribution < -0.4 is 5.32 Å². The van der Waals surface area contributed by atoms with Crippen LogP contribution in [0.4, 0.5) is 0 Å². The van der Waals surface area contributed by atoms with Gasteiger partial charge < -0.3 is 5.32 Å². The van der Waals surface area contributed by atoms with E-state index in [-0.39, 0.29) is 5.54 Å². The highest BCUT2D eigenvalue weighted by atomic mass is 15.3. The van der Waals surface area contributed by atoms with E-state index in [1.54, 1.807) is 0 Å². The van der Waals surface area contributed by atoms with Gasteiger partial charge in [0.1, 0.15) is 0 Å². The molecule has 1 aliphatic carbocycles. The number of aromatic nitrogens is 2. The third-order valence-electron chi connectivity index (χ3n) is 3.40. The van der Waals surface area contributed by atoms with E-state index in [1.165, 1.54) is 12.0 Å². The first-order chi connectivity index (χ1) is 7.87. The van der Waals surface area contributed by atoms with E-state index in [1.807, 2.05) is 6.20 Å². The molecule has 1 heterocycles. The van der Waals surface area contributed by atoms with Gasteiger partial charge in [-0.2, -0.15) is 5.10 Å². The quantitative estimate of drug-likeness (QED) is 0.869. The van der Waals surface area contributed by atoms with Crippen molar-refractivity contribution in [2.24, 2.45) is 5.92 Å². The monoisotopic (exact) mass is 235 g/mol. The van der Waals surface area contributed by atoms with Crippen LogP contribution in [0.2, 0.25) is 0 Å². The van der Waals surface area contributed by atoms with Crippen LogP contribution in [0.1, 0.15) is 58.6 Å². The molecule has 1 aromatic rings. The molecule has 3 nitrogen and oxygen atoms in total. The largest absolute Gasteiger partial charge is 0.312 e. The standard InChI is InChI=1S/C14H25N3/c1-10(2)17-9-12(8-16-17)13-6-11(13)7-15-14(3,4)5/h8-11,13,15H,6-7H2,1-5H3. The minimum absolute atomic E-state index is 0.231. The van der Waals surface area contributed by atoms with Crippen LogP contribution >= 0.6 is 0 Å². The fourth-order valence-electron chi connectivity index (χ4n) is 2.15. The number of hydrogen-bond donors (Lipinski definition) is 1. The molecule has 0 spiro atoms. The van der Waals surface area contributed by atoms with E-state index in [9.17, 15) is 0 Å². The molecule has 0 aromatic carbocycles. The minimum Gasteiger partial charge on any atom is -0.312 e. The lowest BCUT2D eigenvalue weighted by atomic mass is 10.1. The van der Waals surface area contributed by atoms with Gasteiger partial charge in [-0.25, -0.2) is 0 Å². The Hall–Kier alpha value is -0.830. The maximum atomic E-state index is 4.42. The van der Waals surface area contributed by atoms with Gasteiger partial charge in [-0.3, -0.25) is 4.68 Å². The summed E-state index contributed by atoms with van der Waals surface area (Å²) in [7, 11) is 0. The summed E-state index contributed by atoms with van der Waals surface area (Å²) >= 11 is 0. The zero-order valence-corrected chi connectivity index (χ0v) is 11.7. The molecule has 1 N–H and O–H groups in total. The maximum Gasteiger partial charge on any atom is 0.0524 e. The topological polar surface area (TPSA) is 29.9 Å². The number of hydrogen-bond acceptors (Lipinski definition) is 2. The molecule has 0 amide bonds. The van der Waals surface area contributed by atoms with Crippen molar-refractivity contribution in [2.75, 3.05) is 6.54 Å². The molecule has 1 fully saturated rings. The van der Waals surface area contributed by atoms with E-state index >= 15 is 0 Å². The molecule has 2 rings (SSSR count). The molecule has 0 radical (unpaired) electrons. The summed E-state index contributed by atoms with van der Waals surface area (Å²) in [6.45, 7) is 12.1. The predicted octanol–water partition coefficient (Wildman–Crippen LogP) is 2.96. The van der Waals surface area contributed by atoms with Gasteiger partial charge in [-0.15, -0.1) is 0 Å². The molecular weight excluding hydrogens is 210 g/mol. The lowest BCUT2D eigenvalue weighted by molar-refractivity contribution is 0.414. The molecular formula is C14H25N3. The second-order valence-corrected chi connectivity index (χ2v) is 6.58. The molecule has 1 saturated carbocycles. The van der Waals surface area contributed by atoms with Gasteiger partial charge in [0.2, 0.25) is 0 Å². The summed E-state index contributed by atoms with van der Waals surface area (Å²) in [5.41, 5.74) is 1.65. The van der Waals surface area contributed by atoms with Gasteiger partial charge in [-0.1, -0.05) is 0 Å². The highest BCUT2D eigenvalue weighted by molar-refractivity contribution is 5.20. The Kier molecular flexibility index (Phi) is 3.30. The van der Waals surface area contributed by atoms with Crippen LogP contribution in [-0.2, 0) is 0 Å². The second kappa shape index (κ2) is 4.45. The first kappa shape index (κ1) is 12.6. The van der Waals surface area contributed by atoms with Crippen molar-refractivity contribution in [3.8, 4) is 0 Å². The normalized spacial score (nSPS) is 24.4. The van der Waals surface area contributed by atoms with Crippen molar-refractivity contribution in [3.05, 3.63) is 18.0 Å². The second-order valence-electron chi connectivity index (χ2n) is 6.58. The number of rotatable bonds is 4. The van der Waals surface area contributed by atoms with Crippen molar-refractivity contribution in [1.29, 1.82) is 0 Å². The highest BCUT2D eigenvalue weighted by Crippen LogP contribution is 2.47. The average molecular weight is 235 g/mol. The SMILES string of the molecule is CC(C)n1cc(C2CC2CNC(C)(C)C)cn1. The van der Waals surface area contributed by atoms with Crippen LogP contribution in [0.15, 0.2) is 12.4 Å². The molecule has 17 heavy (non-hydrogen) atoms. The van der Waals surface area contributed by atoms with E-state index in [2.05, 4.69) is 55.9 Å². The Balaban J connectivity index is 1.85. The van der Waals surface area contributed by atoms with Crippen LogP contribution in [-0.4, -0.2) is 21.9 Å². The first-order valence-corrected chi connectivity index (χ1v) is 6.66. The molecule has 1 aliphatic rings. The van der Waals surface area contributed by atoms with Crippen molar-refractivity contribution < 1.29 is 0 Å². The fraction of sp³-hybridized carbons (Fsp3) is 0.786. The zero-order valence-electron chi connectivity index (χ0n) is 11.7. The highest BCUT2D eigenvalue weighted by Gasteiger charge is 2.39. The third-order valence-corrected chi connectivity index (χ3v) is 3.40. The van der Waals surface area contributed by atoms with E-state index < -0.39 is 0 Å². The summed E-state index contributed by atoms with van der Waals surface area (Å²) in [4.78, 5) is 0. The molecule has 0 aliphatic heterocycles. The molecule has 1 aromatic heterocycles. The molecule has 0 saturated heterocycles. The van der Waals surface area contributed by atoms with Gasteiger partial charge in [-0.05, 0) is 65.0 Å². The van der Waals surface area contributed by atoms with E-state index in [4.69, 9.17) is 0 Å². The number of nitrogens with one attached hydrogen (secondary N) is 1. The molecule has 3 heteroatoms. The fourth-order valence-corrected chi connectivity index (χ4v) is 2.15. The lowest BCUT2D eigenvalue weighted by Crippen LogP contribution is -2.37. The van der Waals surface area contributed by atoms with Crippen LogP contribution in [0.3, 0.4) is 0 Å². The van der Waals surface area contributed by atoms with Gasteiger partial charge in [0.05, 0.1) is 6.20 Å². The number of nitrogens with zero attached hydrogens (tertiary/aromatic N) is 2. The van der Waals surface area contributed by atoms with Gasteiger partial charge in [0.25, 0.3) is 0 Å². The van der Waals surface area contributed by atoms with Gasteiger partial charge in [0.15, 0.2) is 0 Å². The Bertz CT molecular complexity index is 373. The Labute approximate surface area is 105 Å². The van der Waals surface area contributed by atoms with Crippen molar-refractivity contribution in [2.45, 2.75) is 58.5 Å². The zero-order chi connectivity index (χ0) is 12.6. The Morgan fingerprint density at radius 2 is 2.18 bits per heavy atom. The summed E-state index contributed by atoms with van der Waals surface area (Å²) < 4.78 is 2.06. The predicted molar refractivity (Wildman–Crippen MR) is 71.2 cm³/mol. The van der Waals surface area contributed by atoms with Crippen molar-refractivity contribution >= 4 is 0 Å². The smallest absolute Gasteiger partial charge is 0.0524 e. The molecule has 2 atom stereocenters. The summed E-state index contributed by atoms with van der Waals surface area (Å²) in [5, 5.41) is 8.00. The molecule has 0 bridgehead atoms. The summed E-state index contributed by atoms with van der Waals surface area (Å²) in [6, 6.07) is 0.466. The molecule has 96 valence electrons. The van der Waals surface area contributed by atoms with E-state index in [0.717, 1.165) is 18.4 Å². The summed E-state index contributed by atoms with van der Waals surface area (Å²) in [5.74, 6) is 1.54. The van der Waals surface area contributed by atoms with E-state index in [0.29, 0.717) is 6.04 Å². The molecule has 2 unspecified atom stereocenters. The van der Waals surface area contributed by atoms with Crippen molar-refractivity contribution in [3.63, 3.8) is 0 Å². The van der Waals surface area contributed by atoms with Crippen LogP contribution in [0, 0.1) is 5.92 Å².